The van der Waals surface area contributed by atoms with E-state index in [2.05, 4.69) is 17.1 Å². The van der Waals surface area contributed by atoms with Crippen LogP contribution in [0.4, 0.5) is 5.69 Å². The van der Waals surface area contributed by atoms with Crippen molar-refractivity contribution in [2.75, 3.05) is 4.90 Å². The summed E-state index contributed by atoms with van der Waals surface area (Å²) in [6, 6.07) is 13.9. The molecule has 0 radical (unpaired) electrons. The molecule has 3 aliphatic rings. The van der Waals surface area contributed by atoms with Crippen LogP contribution in [0, 0.1) is 23.7 Å². The van der Waals surface area contributed by atoms with E-state index in [1.807, 2.05) is 0 Å². The van der Waals surface area contributed by atoms with Crippen LogP contribution in [0.3, 0.4) is 0 Å². The van der Waals surface area contributed by atoms with Crippen LogP contribution < -0.4 is 10.5 Å². The predicted octanol–water partition coefficient (Wildman–Crippen LogP) is 3.17. The summed E-state index contributed by atoms with van der Waals surface area (Å²) in [4.78, 5) is 44.1. The first-order valence-corrected chi connectivity index (χ1v) is 9.68. The molecule has 142 valence electrons. The molecule has 0 N–H and O–H groups in total. The number of fused-ring (bicyclic) bond motifs is 6. The van der Waals surface area contributed by atoms with E-state index in [0.29, 0.717) is 22.2 Å². The van der Waals surface area contributed by atoms with Crippen molar-refractivity contribution in [1.82, 2.24) is 4.98 Å². The molecule has 1 saturated carbocycles. The van der Waals surface area contributed by atoms with Crippen LogP contribution >= 0.6 is 0 Å². The van der Waals surface area contributed by atoms with Crippen LogP contribution in [0.2, 0.25) is 0 Å². The van der Waals surface area contributed by atoms with Gasteiger partial charge in [-0.1, -0.05) is 30.4 Å². The van der Waals surface area contributed by atoms with Gasteiger partial charge in [-0.25, -0.2) is 14.7 Å². The van der Waals surface area contributed by atoms with Gasteiger partial charge in [-0.15, -0.1) is 0 Å². The van der Waals surface area contributed by atoms with Gasteiger partial charge in [0, 0.05) is 5.56 Å². The van der Waals surface area contributed by atoms with Gasteiger partial charge in [-0.05, 0) is 48.6 Å². The highest BCUT2D eigenvalue weighted by molar-refractivity contribution is 6.23. The zero-order valence-corrected chi connectivity index (χ0v) is 15.3. The van der Waals surface area contributed by atoms with Crippen molar-refractivity contribution in [3.63, 3.8) is 0 Å². The van der Waals surface area contributed by atoms with Gasteiger partial charge in [0.25, 0.3) is 0 Å². The monoisotopic (exact) mass is 384 g/mol. The lowest BCUT2D eigenvalue weighted by Crippen LogP contribution is -2.32. The number of amides is 2. The molecule has 1 aromatic heterocycles. The van der Waals surface area contributed by atoms with E-state index in [1.165, 1.54) is 4.90 Å². The Morgan fingerprint density at radius 3 is 2.38 bits per heavy atom. The maximum Gasteiger partial charge on any atom is 0.347 e. The van der Waals surface area contributed by atoms with Crippen LogP contribution in [0.5, 0.6) is 0 Å². The van der Waals surface area contributed by atoms with Crippen LogP contribution in [-0.2, 0) is 9.59 Å². The molecule has 2 heterocycles. The summed E-state index contributed by atoms with van der Waals surface area (Å²) in [5, 5.41) is 0.410. The largest absolute Gasteiger partial charge is 0.403 e. The number of anilines is 1. The van der Waals surface area contributed by atoms with Crippen molar-refractivity contribution in [3.05, 3.63) is 71.1 Å². The summed E-state index contributed by atoms with van der Waals surface area (Å²) in [7, 11) is 0. The molecule has 2 fully saturated rings. The number of hydrogen-bond donors (Lipinski definition) is 0. The highest BCUT2D eigenvalue weighted by Gasteiger charge is 2.59. The minimum Gasteiger partial charge on any atom is -0.403 e. The molecule has 0 spiro atoms. The Hall–Kier alpha value is -3.54. The van der Waals surface area contributed by atoms with Gasteiger partial charge < -0.3 is 4.42 Å². The number of aromatic nitrogens is 1. The normalized spacial score (nSPS) is 27.2. The number of allylic oxidation sites excluding steroid dienone is 2. The molecular weight excluding hydrogens is 368 g/mol. The SMILES string of the molecule is O=C1[C@@H]2[C@H](C(=O)N1c1cccc(-c3nc4ccccc4c(=O)o3)c1)[C@H]1C=C[C@H]2C1. The third-order valence-electron chi connectivity index (χ3n) is 6.36. The molecule has 3 aromatic rings. The summed E-state index contributed by atoms with van der Waals surface area (Å²) in [6.07, 6.45) is 5.04. The summed E-state index contributed by atoms with van der Waals surface area (Å²) >= 11 is 0. The average molecular weight is 384 g/mol. The van der Waals surface area contributed by atoms with E-state index >= 15 is 0 Å². The topological polar surface area (TPSA) is 80.5 Å². The molecular formula is C23H16N2O4. The van der Waals surface area contributed by atoms with Crippen molar-refractivity contribution < 1.29 is 14.0 Å². The van der Waals surface area contributed by atoms with E-state index in [9.17, 15) is 14.4 Å². The van der Waals surface area contributed by atoms with Crippen molar-refractivity contribution in [1.29, 1.82) is 0 Å². The third kappa shape index (κ3) is 2.23. The molecule has 2 aliphatic carbocycles. The zero-order chi connectivity index (χ0) is 19.7. The Labute approximate surface area is 165 Å². The summed E-state index contributed by atoms with van der Waals surface area (Å²) in [5.74, 6) is -0.291. The predicted molar refractivity (Wildman–Crippen MR) is 106 cm³/mol. The van der Waals surface area contributed by atoms with Gasteiger partial charge in [0.1, 0.15) is 0 Å². The van der Waals surface area contributed by atoms with E-state index in [4.69, 9.17) is 4.42 Å². The maximum absolute atomic E-state index is 13.0. The Morgan fingerprint density at radius 2 is 1.62 bits per heavy atom. The van der Waals surface area contributed by atoms with Crippen molar-refractivity contribution in [2.45, 2.75) is 6.42 Å². The summed E-state index contributed by atoms with van der Waals surface area (Å²) in [5.41, 5.74) is 1.10. The lowest BCUT2D eigenvalue weighted by atomic mass is 9.85. The maximum atomic E-state index is 13.0. The van der Waals surface area contributed by atoms with Gasteiger partial charge in [0.05, 0.1) is 28.4 Å². The number of carbonyl (C=O) groups is 2. The van der Waals surface area contributed by atoms with Crippen LogP contribution in [0.25, 0.3) is 22.4 Å². The second kappa shape index (κ2) is 5.73. The van der Waals surface area contributed by atoms with Gasteiger partial charge in [0.15, 0.2) is 0 Å². The molecule has 4 atom stereocenters. The Kier molecular flexibility index (Phi) is 3.25. The van der Waals surface area contributed by atoms with Crippen LogP contribution in [-0.4, -0.2) is 16.8 Å². The van der Waals surface area contributed by atoms with Gasteiger partial charge >= 0.3 is 5.63 Å². The molecule has 6 nitrogen and oxygen atoms in total. The second-order valence-corrected chi connectivity index (χ2v) is 7.89. The molecule has 29 heavy (non-hydrogen) atoms. The Bertz CT molecular complexity index is 1260. The second-order valence-electron chi connectivity index (χ2n) is 7.89. The first-order chi connectivity index (χ1) is 14.1. The minimum absolute atomic E-state index is 0.137. The molecule has 2 amide bonds. The van der Waals surface area contributed by atoms with E-state index in [-0.39, 0.29) is 41.4 Å². The molecule has 1 aliphatic heterocycles. The fourth-order valence-electron chi connectivity index (χ4n) is 5.08. The number of rotatable bonds is 2. The summed E-state index contributed by atoms with van der Waals surface area (Å²) in [6.45, 7) is 0. The lowest BCUT2D eigenvalue weighted by molar-refractivity contribution is -0.123. The van der Waals surface area contributed by atoms with Crippen molar-refractivity contribution in [3.8, 4) is 11.5 Å². The quantitative estimate of drug-likeness (QED) is 0.501. The fraction of sp³-hybridized carbons (Fsp3) is 0.217. The van der Waals surface area contributed by atoms with Gasteiger partial charge in [-0.2, -0.15) is 0 Å². The molecule has 2 bridgehead atoms. The number of carbonyl (C=O) groups excluding carboxylic acids is 2. The zero-order valence-electron chi connectivity index (χ0n) is 15.3. The minimum atomic E-state index is -0.471. The summed E-state index contributed by atoms with van der Waals surface area (Å²) < 4.78 is 5.40. The number of hydrogen-bond acceptors (Lipinski definition) is 5. The number of imide groups is 1. The first kappa shape index (κ1) is 16.4. The van der Waals surface area contributed by atoms with Gasteiger partial charge in [0.2, 0.25) is 17.7 Å². The highest BCUT2D eigenvalue weighted by Crippen LogP contribution is 2.53. The fourth-order valence-corrected chi connectivity index (χ4v) is 5.08. The highest BCUT2D eigenvalue weighted by atomic mass is 16.4. The Balaban J connectivity index is 1.42. The van der Waals surface area contributed by atoms with Crippen LogP contribution in [0.1, 0.15) is 6.42 Å². The number of nitrogens with zero attached hydrogens (tertiary/aromatic N) is 2. The molecule has 0 unspecified atom stereocenters. The number of benzene rings is 2. The molecule has 2 aromatic carbocycles. The van der Waals surface area contributed by atoms with E-state index in [0.717, 1.165) is 6.42 Å². The molecule has 6 heteroatoms. The van der Waals surface area contributed by atoms with Crippen molar-refractivity contribution >= 4 is 28.4 Å². The smallest absolute Gasteiger partial charge is 0.347 e. The average Bonchev–Trinajstić information content (AvgIpc) is 3.42. The third-order valence-corrected chi connectivity index (χ3v) is 6.36. The lowest BCUT2D eigenvalue weighted by Gasteiger charge is -2.17. The van der Waals surface area contributed by atoms with E-state index in [1.54, 1.807) is 48.5 Å². The molecule has 6 rings (SSSR count). The number of para-hydroxylation sites is 1. The van der Waals surface area contributed by atoms with Gasteiger partial charge in [-0.3, -0.25) is 9.59 Å². The standard InChI is InChI=1S/C23H16N2O4/c26-21-18-12-8-9-13(10-12)19(18)22(27)25(21)15-5-3-4-14(11-15)20-24-17-7-2-1-6-16(17)23(28)29-20/h1-9,11-13,18-19H,10H2/t12-,13-,18-,19+/m0/s1. The molecule has 1 saturated heterocycles. The van der Waals surface area contributed by atoms with Crippen molar-refractivity contribution in [2.24, 2.45) is 23.7 Å². The Morgan fingerprint density at radius 1 is 0.897 bits per heavy atom. The van der Waals surface area contributed by atoms with E-state index < -0.39 is 5.63 Å². The van der Waals surface area contributed by atoms with Crippen LogP contribution in [0.15, 0.2) is 69.9 Å². The first-order valence-electron chi connectivity index (χ1n) is 9.68.